The number of ether oxygens (including phenoxy) is 1. The van der Waals surface area contributed by atoms with Crippen LogP contribution in [0.2, 0.25) is 0 Å². The van der Waals surface area contributed by atoms with Gasteiger partial charge >= 0.3 is 0 Å². The average molecular weight is 398 g/mol. The lowest BCUT2D eigenvalue weighted by molar-refractivity contribution is -0.384. The molecule has 2 amide bonds. The number of benzene rings is 2. The number of non-ortho nitro benzene ring substituents is 1. The Morgan fingerprint density at radius 2 is 2.10 bits per heavy atom. The molecule has 1 saturated heterocycles. The zero-order valence-corrected chi connectivity index (χ0v) is 16.0. The molecule has 0 aliphatic carbocycles. The second kappa shape index (κ2) is 9.16. The van der Waals surface area contributed by atoms with Gasteiger partial charge in [-0.1, -0.05) is 6.07 Å². The number of hydrogen-bond acceptors (Lipinski definition) is 6. The monoisotopic (exact) mass is 398 g/mol. The summed E-state index contributed by atoms with van der Waals surface area (Å²) in [7, 11) is 1.56. The molecule has 2 aromatic carbocycles. The molecule has 0 aromatic heterocycles. The maximum absolute atomic E-state index is 12.9. The van der Waals surface area contributed by atoms with Crippen molar-refractivity contribution in [1.82, 2.24) is 0 Å². The van der Waals surface area contributed by atoms with Crippen LogP contribution in [0.15, 0.2) is 42.5 Å². The van der Waals surface area contributed by atoms with Gasteiger partial charge in [0.05, 0.1) is 17.1 Å². The van der Waals surface area contributed by atoms with Gasteiger partial charge in [0.2, 0.25) is 5.91 Å². The molecular weight excluding hydrogens is 376 g/mol. The van der Waals surface area contributed by atoms with Crippen LogP contribution in [-0.4, -0.2) is 43.5 Å². The van der Waals surface area contributed by atoms with Crippen molar-refractivity contribution < 1.29 is 19.2 Å². The molecule has 0 saturated carbocycles. The summed E-state index contributed by atoms with van der Waals surface area (Å²) >= 11 is 0. The van der Waals surface area contributed by atoms with Crippen LogP contribution >= 0.6 is 0 Å². The Hall–Kier alpha value is -3.46. The van der Waals surface area contributed by atoms with Crippen LogP contribution in [0.4, 0.5) is 22.7 Å². The van der Waals surface area contributed by atoms with Crippen molar-refractivity contribution in [3.05, 3.63) is 58.1 Å². The highest BCUT2D eigenvalue weighted by atomic mass is 16.6. The SMILES string of the molecule is COCCNc1ccc([N+](=O)[O-])cc1C(=O)Nc1cccc(N2CCCC2=O)c1. The van der Waals surface area contributed by atoms with Crippen LogP contribution in [0.5, 0.6) is 0 Å². The second-order valence-corrected chi connectivity index (χ2v) is 6.56. The first kappa shape index (κ1) is 20.3. The molecule has 1 aliphatic heterocycles. The van der Waals surface area contributed by atoms with Gasteiger partial charge in [-0.25, -0.2) is 0 Å². The Labute approximate surface area is 167 Å². The molecule has 0 bridgehead atoms. The summed E-state index contributed by atoms with van der Waals surface area (Å²) in [6.45, 7) is 1.51. The summed E-state index contributed by atoms with van der Waals surface area (Å²) in [6, 6.07) is 11.1. The topological polar surface area (TPSA) is 114 Å². The minimum Gasteiger partial charge on any atom is -0.383 e. The first-order valence-corrected chi connectivity index (χ1v) is 9.22. The number of nitrogens with one attached hydrogen (secondary N) is 2. The van der Waals surface area contributed by atoms with Gasteiger partial charge in [-0.05, 0) is 30.7 Å². The van der Waals surface area contributed by atoms with Crippen molar-refractivity contribution in [3.63, 3.8) is 0 Å². The molecule has 0 unspecified atom stereocenters. The van der Waals surface area contributed by atoms with Gasteiger partial charge in [-0.3, -0.25) is 19.7 Å². The van der Waals surface area contributed by atoms with E-state index >= 15 is 0 Å². The number of methoxy groups -OCH3 is 1. The highest BCUT2D eigenvalue weighted by Crippen LogP contribution is 2.26. The second-order valence-electron chi connectivity index (χ2n) is 6.56. The maximum atomic E-state index is 12.9. The quantitative estimate of drug-likeness (QED) is 0.401. The van der Waals surface area contributed by atoms with Crippen LogP contribution in [0.1, 0.15) is 23.2 Å². The fraction of sp³-hybridized carbons (Fsp3) is 0.300. The zero-order chi connectivity index (χ0) is 20.8. The van der Waals surface area contributed by atoms with Crippen molar-refractivity contribution >= 4 is 34.6 Å². The Bertz CT molecular complexity index is 931. The molecule has 0 atom stereocenters. The molecule has 2 aromatic rings. The third-order valence-corrected chi connectivity index (χ3v) is 4.57. The lowest BCUT2D eigenvalue weighted by atomic mass is 10.1. The fourth-order valence-corrected chi connectivity index (χ4v) is 3.15. The van der Waals surface area contributed by atoms with Gasteiger partial charge < -0.3 is 20.3 Å². The summed E-state index contributed by atoms with van der Waals surface area (Å²) < 4.78 is 4.99. The Balaban J connectivity index is 1.83. The Morgan fingerprint density at radius 1 is 1.28 bits per heavy atom. The number of carbonyl (C=O) groups is 2. The Morgan fingerprint density at radius 3 is 2.79 bits per heavy atom. The molecule has 9 nitrogen and oxygen atoms in total. The molecule has 0 spiro atoms. The van der Waals surface area contributed by atoms with Crippen LogP contribution in [0.25, 0.3) is 0 Å². The summed E-state index contributed by atoms with van der Waals surface area (Å²) in [6.07, 6.45) is 1.32. The lowest BCUT2D eigenvalue weighted by Crippen LogP contribution is -2.23. The summed E-state index contributed by atoms with van der Waals surface area (Å²) in [5.41, 5.74) is 1.65. The van der Waals surface area contributed by atoms with Crippen molar-refractivity contribution in [2.24, 2.45) is 0 Å². The van der Waals surface area contributed by atoms with Gasteiger partial charge in [0.1, 0.15) is 0 Å². The number of nitrogens with zero attached hydrogens (tertiary/aromatic N) is 2. The van der Waals surface area contributed by atoms with Crippen LogP contribution in [0.3, 0.4) is 0 Å². The van der Waals surface area contributed by atoms with E-state index in [2.05, 4.69) is 10.6 Å². The van der Waals surface area contributed by atoms with E-state index in [0.29, 0.717) is 43.2 Å². The first-order chi connectivity index (χ1) is 14.0. The van der Waals surface area contributed by atoms with Gasteiger partial charge in [0.25, 0.3) is 11.6 Å². The van der Waals surface area contributed by atoms with E-state index in [0.717, 1.165) is 6.42 Å². The van der Waals surface area contributed by atoms with Crippen LogP contribution in [0, 0.1) is 10.1 Å². The Kier molecular flexibility index (Phi) is 6.40. The van der Waals surface area contributed by atoms with Crippen molar-refractivity contribution in [2.75, 3.05) is 42.3 Å². The van der Waals surface area contributed by atoms with E-state index < -0.39 is 10.8 Å². The van der Waals surface area contributed by atoms with E-state index in [9.17, 15) is 19.7 Å². The lowest BCUT2D eigenvalue weighted by Gasteiger charge is -2.17. The van der Waals surface area contributed by atoms with Crippen molar-refractivity contribution in [1.29, 1.82) is 0 Å². The van der Waals surface area contributed by atoms with Gasteiger partial charge in [-0.2, -0.15) is 0 Å². The number of nitro benzene ring substituents is 1. The highest BCUT2D eigenvalue weighted by molar-refractivity contribution is 6.09. The number of nitro groups is 1. The first-order valence-electron chi connectivity index (χ1n) is 9.22. The molecule has 9 heteroatoms. The summed E-state index contributed by atoms with van der Waals surface area (Å²) in [5, 5.41) is 16.9. The summed E-state index contributed by atoms with van der Waals surface area (Å²) in [4.78, 5) is 37.1. The molecule has 1 heterocycles. The van der Waals surface area contributed by atoms with E-state index in [4.69, 9.17) is 4.74 Å². The minimum absolute atomic E-state index is 0.0526. The molecule has 29 heavy (non-hydrogen) atoms. The molecule has 2 N–H and O–H groups in total. The predicted octanol–water partition coefficient (Wildman–Crippen LogP) is 3.03. The zero-order valence-electron chi connectivity index (χ0n) is 16.0. The molecule has 0 radical (unpaired) electrons. The van der Waals surface area contributed by atoms with Crippen molar-refractivity contribution in [2.45, 2.75) is 12.8 Å². The number of rotatable bonds is 8. The van der Waals surface area contributed by atoms with Gasteiger partial charge in [0, 0.05) is 55.8 Å². The predicted molar refractivity (Wildman–Crippen MR) is 109 cm³/mol. The fourth-order valence-electron chi connectivity index (χ4n) is 3.15. The maximum Gasteiger partial charge on any atom is 0.270 e. The largest absolute Gasteiger partial charge is 0.383 e. The minimum atomic E-state index is -0.546. The summed E-state index contributed by atoms with van der Waals surface area (Å²) in [5.74, 6) is -0.435. The van der Waals surface area contributed by atoms with Crippen LogP contribution < -0.4 is 15.5 Å². The van der Waals surface area contributed by atoms with E-state index in [1.807, 2.05) is 6.07 Å². The smallest absolute Gasteiger partial charge is 0.270 e. The molecule has 1 fully saturated rings. The molecule has 3 rings (SSSR count). The molecule has 1 aliphatic rings. The standard InChI is InChI=1S/C20H22N4O5/c1-29-11-9-21-18-8-7-16(24(27)28)13-17(18)20(26)22-14-4-2-5-15(12-14)23-10-3-6-19(23)25/h2,4-5,7-8,12-13,21H,3,6,9-11H2,1H3,(H,22,26). The van der Waals surface area contributed by atoms with Crippen molar-refractivity contribution in [3.8, 4) is 0 Å². The number of hydrogen-bond donors (Lipinski definition) is 2. The number of carbonyl (C=O) groups excluding carboxylic acids is 2. The highest BCUT2D eigenvalue weighted by Gasteiger charge is 2.22. The molecular formula is C20H22N4O5. The molecule has 152 valence electrons. The average Bonchev–Trinajstić information content (AvgIpc) is 3.14. The number of amides is 2. The number of anilines is 3. The van der Waals surface area contributed by atoms with E-state index in [-0.39, 0.29) is 17.2 Å². The third kappa shape index (κ3) is 4.88. The van der Waals surface area contributed by atoms with Gasteiger partial charge in [-0.15, -0.1) is 0 Å². The van der Waals surface area contributed by atoms with E-state index in [1.165, 1.54) is 18.2 Å². The van der Waals surface area contributed by atoms with Gasteiger partial charge in [0.15, 0.2) is 0 Å². The van der Waals surface area contributed by atoms with E-state index in [1.54, 1.807) is 30.2 Å². The third-order valence-electron chi connectivity index (χ3n) is 4.57. The normalized spacial score (nSPS) is 13.4. The van der Waals surface area contributed by atoms with Crippen LogP contribution in [-0.2, 0) is 9.53 Å².